The first kappa shape index (κ1) is 19.9. The average Bonchev–Trinajstić information content (AvgIpc) is 3.03. The zero-order valence-corrected chi connectivity index (χ0v) is 17.5. The molecule has 3 N–H and O–H groups in total. The Balaban J connectivity index is 1.79. The van der Waals surface area contributed by atoms with Gasteiger partial charge in [-0.05, 0) is 44.4 Å². The Labute approximate surface area is 177 Å². The van der Waals surface area contributed by atoms with Crippen LogP contribution >= 0.6 is 11.6 Å². The molecule has 8 nitrogen and oxygen atoms in total. The van der Waals surface area contributed by atoms with Crippen LogP contribution in [0.3, 0.4) is 0 Å². The number of nitrogen functional groups attached to an aromatic ring is 1. The molecule has 1 aromatic carbocycles. The highest BCUT2D eigenvalue weighted by Gasteiger charge is 2.23. The van der Waals surface area contributed by atoms with Crippen molar-refractivity contribution in [3.05, 3.63) is 69.4 Å². The molecule has 0 bridgehead atoms. The minimum atomic E-state index is -0.478. The lowest BCUT2D eigenvalue weighted by Crippen LogP contribution is -2.33. The third kappa shape index (κ3) is 3.19. The van der Waals surface area contributed by atoms with E-state index in [1.165, 1.54) is 4.52 Å². The Morgan fingerprint density at radius 2 is 2.00 bits per heavy atom. The molecule has 3 heterocycles. The van der Waals surface area contributed by atoms with Crippen LogP contribution in [0.5, 0.6) is 0 Å². The number of pyridine rings is 1. The van der Waals surface area contributed by atoms with Gasteiger partial charge in [0.25, 0.3) is 11.5 Å². The quantitative estimate of drug-likeness (QED) is 0.522. The minimum Gasteiger partial charge on any atom is -0.381 e. The predicted molar refractivity (Wildman–Crippen MR) is 117 cm³/mol. The third-order valence-electron chi connectivity index (χ3n) is 5.02. The smallest absolute Gasteiger partial charge is 0.260 e. The van der Waals surface area contributed by atoms with Crippen molar-refractivity contribution in [1.82, 2.24) is 24.5 Å². The molecule has 0 aliphatic heterocycles. The standard InChI is InChI=1S/C21H21ClN6O2/c1-11(2)28-15(10-13-6-4-7-14(22)16(13)21(28)30)12(3)25-20(29)17-18(23)26-27-9-5-8-24-19(17)27/h4-12H,1-3H3,(H2,23,26)(H,25,29)/t12-/m0/s1. The monoisotopic (exact) mass is 424 g/mol. The summed E-state index contributed by atoms with van der Waals surface area (Å²) in [5.74, 6) is -0.326. The van der Waals surface area contributed by atoms with Crippen molar-refractivity contribution in [1.29, 1.82) is 0 Å². The molecule has 1 atom stereocenters. The molecule has 1 amide bonds. The van der Waals surface area contributed by atoms with Crippen LogP contribution in [0.2, 0.25) is 5.02 Å². The fourth-order valence-corrected chi connectivity index (χ4v) is 3.95. The molecule has 30 heavy (non-hydrogen) atoms. The summed E-state index contributed by atoms with van der Waals surface area (Å²) in [7, 11) is 0. The number of rotatable bonds is 4. The molecule has 0 unspecified atom stereocenters. The molecule has 4 aromatic rings. The second-order valence-electron chi connectivity index (χ2n) is 7.39. The van der Waals surface area contributed by atoms with Crippen molar-refractivity contribution in [3.63, 3.8) is 0 Å². The fraction of sp³-hybridized carbons (Fsp3) is 0.238. The van der Waals surface area contributed by atoms with Gasteiger partial charge in [-0.1, -0.05) is 23.7 Å². The van der Waals surface area contributed by atoms with E-state index in [1.807, 2.05) is 32.9 Å². The van der Waals surface area contributed by atoms with E-state index in [1.54, 1.807) is 35.2 Å². The maximum absolute atomic E-state index is 13.2. The maximum Gasteiger partial charge on any atom is 0.260 e. The minimum absolute atomic E-state index is 0.0879. The van der Waals surface area contributed by atoms with Crippen molar-refractivity contribution in [2.45, 2.75) is 32.9 Å². The second-order valence-corrected chi connectivity index (χ2v) is 7.79. The van der Waals surface area contributed by atoms with Crippen molar-refractivity contribution >= 4 is 39.7 Å². The van der Waals surface area contributed by atoms with Gasteiger partial charge in [0.05, 0.1) is 16.5 Å². The first-order chi connectivity index (χ1) is 14.3. The fourth-order valence-electron chi connectivity index (χ4n) is 3.68. The zero-order chi connectivity index (χ0) is 21.6. The van der Waals surface area contributed by atoms with E-state index in [9.17, 15) is 9.59 Å². The van der Waals surface area contributed by atoms with Gasteiger partial charge in [0.1, 0.15) is 5.56 Å². The molecule has 3 aromatic heterocycles. The van der Waals surface area contributed by atoms with Crippen LogP contribution in [-0.2, 0) is 0 Å². The number of nitrogens with two attached hydrogens (primary N) is 1. The predicted octanol–water partition coefficient (Wildman–Crippen LogP) is 3.35. The van der Waals surface area contributed by atoms with Gasteiger partial charge in [0.15, 0.2) is 11.5 Å². The van der Waals surface area contributed by atoms with Crippen LogP contribution in [0.25, 0.3) is 16.4 Å². The Morgan fingerprint density at radius 1 is 1.23 bits per heavy atom. The van der Waals surface area contributed by atoms with Crippen molar-refractivity contribution in [3.8, 4) is 0 Å². The summed E-state index contributed by atoms with van der Waals surface area (Å²) >= 11 is 6.28. The highest BCUT2D eigenvalue weighted by molar-refractivity contribution is 6.35. The summed E-state index contributed by atoms with van der Waals surface area (Å²) in [5.41, 5.74) is 7.00. The number of aromatic nitrogens is 4. The van der Waals surface area contributed by atoms with Crippen molar-refractivity contribution in [2.75, 3.05) is 5.73 Å². The summed E-state index contributed by atoms with van der Waals surface area (Å²) in [4.78, 5) is 30.4. The van der Waals surface area contributed by atoms with E-state index < -0.39 is 11.9 Å². The van der Waals surface area contributed by atoms with Crippen LogP contribution in [0, 0.1) is 0 Å². The van der Waals surface area contributed by atoms with Gasteiger partial charge < -0.3 is 15.6 Å². The van der Waals surface area contributed by atoms with Gasteiger partial charge in [0, 0.05) is 24.1 Å². The van der Waals surface area contributed by atoms with Crippen LogP contribution in [0.15, 0.2) is 47.5 Å². The van der Waals surface area contributed by atoms with Gasteiger partial charge in [0.2, 0.25) is 0 Å². The number of nitrogens with zero attached hydrogens (tertiary/aromatic N) is 4. The van der Waals surface area contributed by atoms with Gasteiger partial charge in [-0.3, -0.25) is 9.59 Å². The Hall–Kier alpha value is -3.39. The summed E-state index contributed by atoms with van der Waals surface area (Å²) in [5, 5.41) is 8.64. The molecular weight excluding hydrogens is 404 g/mol. The number of fused-ring (bicyclic) bond motifs is 2. The highest BCUT2D eigenvalue weighted by atomic mass is 35.5. The van der Waals surface area contributed by atoms with Gasteiger partial charge in [-0.25, -0.2) is 9.50 Å². The van der Waals surface area contributed by atoms with Crippen molar-refractivity contribution in [2.24, 2.45) is 0 Å². The first-order valence-electron chi connectivity index (χ1n) is 9.53. The summed E-state index contributed by atoms with van der Waals surface area (Å²) in [6.07, 6.45) is 3.24. The molecule has 0 aliphatic rings. The second kappa shape index (κ2) is 7.46. The lowest BCUT2D eigenvalue weighted by atomic mass is 10.1. The van der Waals surface area contributed by atoms with E-state index >= 15 is 0 Å². The number of anilines is 1. The van der Waals surface area contributed by atoms with E-state index in [-0.39, 0.29) is 23.0 Å². The molecule has 0 saturated heterocycles. The number of nitrogens with one attached hydrogen (secondary N) is 1. The summed E-state index contributed by atoms with van der Waals surface area (Å²) in [6.45, 7) is 5.64. The van der Waals surface area contributed by atoms with Crippen molar-refractivity contribution < 1.29 is 4.79 Å². The first-order valence-corrected chi connectivity index (χ1v) is 9.90. The Morgan fingerprint density at radius 3 is 2.73 bits per heavy atom. The van der Waals surface area contributed by atoms with Gasteiger partial charge >= 0.3 is 0 Å². The zero-order valence-electron chi connectivity index (χ0n) is 16.8. The number of amides is 1. The van der Waals surface area contributed by atoms with Gasteiger partial charge in [-0.15, -0.1) is 5.10 Å². The topological polar surface area (TPSA) is 107 Å². The average molecular weight is 425 g/mol. The Kier molecular flexibility index (Phi) is 4.95. The largest absolute Gasteiger partial charge is 0.381 e. The summed E-state index contributed by atoms with van der Waals surface area (Å²) in [6, 6.07) is 8.30. The van der Waals surface area contributed by atoms with E-state index in [0.29, 0.717) is 21.7 Å². The third-order valence-corrected chi connectivity index (χ3v) is 5.33. The van der Waals surface area contributed by atoms with E-state index in [2.05, 4.69) is 15.4 Å². The van der Waals surface area contributed by atoms with Crippen LogP contribution in [-0.4, -0.2) is 25.1 Å². The number of benzene rings is 1. The SMILES string of the molecule is CC(C)n1c([C@H](C)NC(=O)c2c(N)nn3cccnc23)cc2cccc(Cl)c2c1=O. The molecule has 9 heteroatoms. The lowest BCUT2D eigenvalue weighted by molar-refractivity contribution is 0.0940. The number of hydrogen-bond acceptors (Lipinski definition) is 5. The van der Waals surface area contributed by atoms with Crippen LogP contribution in [0.4, 0.5) is 5.82 Å². The lowest BCUT2D eigenvalue weighted by Gasteiger charge is -2.23. The molecule has 0 spiro atoms. The van der Waals surface area contributed by atoms with Crippen LogP contribution in [0.1, 0.15) is 48.9 Å². The molecule has 0 saturated carbocycles. The number of halogens is 1. The molecule has 0 radical (unpaired) electrons. The Bertz CT molecular complexity index is 1340. The number of carbonyl (C=O) groups excluding carboxylic acids is 1. The van der Waals surface area contributed by atoms with E-state index in [0.717, 1.165) is 5.39 Å². The molecule has 4 rings (SSSR count). The van der Waals surface area contributed by atoms with Crippen LogP contribution < -0.4 is 16.6 Å². The normalized spacial score (nSPS) is 12.6. The number of carbonyl (C=O) groups is 1. The number of hydrogen-bond donors (Lipinski definition) is 2. The van der Waals surface area contributed by atoms with E-state index in [4.69, 9.17) is 17.3 Å². The maximum atomic E-state index is 13.2. The highest BCUT2D eigenvalue weighted by Crippen LogP contribution is 2.26. The molecular formula is C21H21ClN6O2. The molecule has 0 fully saturated rings. The van der Waals surface area contributed by atoms with Gasteiger partial charge in [-0.2, -0.15) is 0 Å². The summed E-state index contributed by atoms with van der Waals surface area (Å²) < 4.78 is 3.11. The molecule has 0 aliphatic carbocycles. The molecule has 154 valence electrons.